The molecule has 1 aromatic rings. The monoisotopic (exact) mass is 351 g/mol. The van der Waals surface area contributed by atoms with E-state index in [1.165, 1.54) is 0 Å². The number of halogens is 1. The van der Waals surface area contributed by atoms with Crippen LogP contribution in [0.25, 0.3) is 0 Å². The molecule has 1 amide bonds. The number of carbonyl (C=O) groups excluding carboxylic acids is 1. The second-order valence-electron chi connectivity index (χ2n) is 6.49. The lowest BCUT2D eigenvalue weighted by Gasteiger charge is -2.33. The van der Waals surface area contributed by atoms with Crippen LogP contribution in [0.5, 0.6) is 0 Å². The van der Waals surface area contributed by atoms with Gasteiger partial charge in [0, 0.05) is 55.9 Å². The van der Waals surface area contributed by atoms with E-state index in [0.717, 1.165) is 76.0 Å². The highest BCUT2D eigenvalue weighted by molar-refractivity contribution is 6.30. The molecule has 0 bridgehead atoms. The Bertz CT molecular complexity index is 541. The third-order valence-electron chi connectivity index (χ3n) is 4.87. The molecule has 0 spiro atoms. The lowest BCUT2D eigenvalue weighted by molar-refractivity contribution is -0.125. The fraction of sp³-hybridized carbons (Fsp3) is 0.611. The number of morpholine rings is 1. The molecular weight excluding hydrogens is 326 g/mol. The molecule has 2 aliphatic rings. The first-order chi connectivity index (χ1) is 11.7. The van der Waals surface area contributed by atoms with Crippen LogP contribution in [-0.2, 0) is 9.53 Å². The summed E-state index contributed by atoms with van der Waals surface area (Å²) >= 11 is 6.06. The number of benzene rings is 1. The molecular formula is C18H26ClN3O2. The minimum absolute atomic E-state index is 0.130. The maximum absolute atomic E-state index is 12.3. The standard InChI is InChI=1S/C18H26ClN3O2/c19-16-2-1-3-17(14-16)22-7-4-15(5-8-22)18(23)20-6-9-21-10-12-24-13-11-21/h1-3,14-15H,4-13H2,(H,20,23). The molecule has 2 saturated heterocycles. The van der Waals surface area contributed by atoms with Gasteiger partial charge in [-0.1, -0.05) is 17.7 Å². The van der Waals surface area contributed by atoms with Gasteiger partial charge in [0.1, 0.15) is 0 Å². The van der Waals surface area contributed by atoms with E-state index in [9.17, 15) is 4.79 Å². The van der Waals surface area contributed by atoms with Crippen LogP contribution in [0.3, 0.4) is 0 Å². The first-order valence-electron chi connectivity index (χ1n) is 8.81. The molecule has 5 nitrogen and oxygen atoms in total. The number of nitrogens with zero attached hydrogens (tertiary/aromatic N) is 2. The van der Waals surface area contributed by atoms with Crippen molar-refractivity contribution in [2.45, 2.75) is 12.8 Å². The van der Waals surface area contributed by atoms with Crippen molar-refractivity contribution in [1.29, 1.82) is 0 Å². The first-order valence-corrected chi connectivity index (χ1v) is 9.18. The summed E-state index contributed by atoms with van der Waals surface area (Å²) in [6.07, 6.45) is 1.80. The van der Waals surface area contributed by atoms with Gasteiger partial charge < -0.3 is 15.0 Å². The second kappa shape index (κ2) is 8.70. The van der Waals surface area contributed by atoms with E-state index in [2.05, 4.69) is 21.2 Å². The van der Waals surface area contributed by atoms with Gasteiger partial charge >= 0.3 is 0 Å². The molecule has 0 aliphatic carbocycles. The Balaban J connectivity index is 1.38. The van der Waals surface area contributed by atoms with Gasteiger partial charge in [-0.3, -0.25) is 9.69 Å². The van der Waals surface area contributed by atoms with Crippen molar-refractivity contribution in [3.05, 3.63) is 29.3 Å². The summed E-state index contributed by atoms with van der Waals surface area (Å²) in [6.45, 7) is 6.99. The number of anilines is 1. The molecule has 2 heterocycles. The van der Waals surface area contributed by atoms with Crippen LogP contribution in [0, 0.1) is 5.92 Å². The molecule has 6 heteroatoms. The second-order valence-corrected chi connectivity index (χ2v) is 6.92. The minimum Gasteiger partial charge on any atom is -0.379 e. The summed E-state index contributed by atoms with van der Waals surface area (Å²) < 4.78 is 5.33. The highest BCUT2D eigenvalue weighted by Gasteiger charge is 2.25. The molecule has 2 fully saturated rings. The quantitative estimate of drug-likeness (QED) is 0.881. The van der Waals surface area contributed by atoms with E-state index in [0.29, 0.717) is 0 Å². The zero-order valence-electron chi connectivity index (χ0n) is 14.0. The SMILES string of the molecule is O=C(NCCN1CCOCC1)C1CCN(c2cccc(Cl)c2)CC1. The van der Waals surface area contributed by atoms with Crippen LogP contribution in [0.4, 0.5) is 5.69 Å². The normalized spacial score (nSPS) is 20.1. The molecule has 1 N–H and O–H groups in total. The molecule has 132 valence electrons. The number of piperidine rings is 1. The predicted octanol–water partition coefficient (Wildman–Crippen LogP) is 2.00. The average Bonchev–Trinajstić information content (AvgIpc) is 2.63. The zero-order valence-corrected chi connectivity index (χ0v) is 14.8. The molecule has 3 rings (SSSR count). The van der Waals surface area contributed by atoms with Gasteiger partial charge in [0.2, 0.25) is 5.91 Å². The highest BCUT2D eigenvalue weighted by atomic mass is 35.5. The van der Waals surface area contributed by atoms with E-state index in [-0.39, 0.29) is 11.8 Å². The van der Waals surface area contributed by atoms with Gasteiger partial charge in [-0.25, -0.2) is 0 Å². The average molecular weight is 352 g/mol. The van der Waals surface area contributed by atoms with Crippen molar-refractivity contribution < 1.29 is 9.53 Å². The summed E-state index contributed by atoms with van der Waals surface area (Å²) in [4.78, 5) is 17.0. The van der Waals surface area contributed by atoms with E-state index in [4.69, 9.17) is 16.3 Å². The fourth-order valence-electron chi connectivity index (χ4n) is 3.38. The van der Waals surface area contributed by atoms with Gasteiger partial charge in [0.15, 0.2) is 0 Å². The van der Waals surface area contributed by atoms with Gasteiger partial charge in [-0.05, 0) is 31.0 Å². The predicted molar refractivity (Wildman–Crippen MR) is 96.7 cm³/mol. The Morgan fingerprint density at radius 3 is 2.67 bits per heavy atom. The third-order valence-corrected chi connectivity index (χ3v) is 5.11. The molecule has 24 heavy (non-hydrogen) atoms. The van der Waals surface area contributed by atoms with Gasteiger partial charge in [-0.2, -0.15) is 0 Å². The molecule has 0 unspecified atom stereocenters. The maximum Gasteiger partial charge on any atom is 0.223 e. The van der Waals surface area contributed by atoms with Crippen LogP contribution < -0.4 is 10.2 Å². The highest BCUT2D eigenvalue weighted by Crippen LogP contribution is 2.25. The smallest absolute Gasteiger partial charge is 0.223 e. The largest absolute Gasteiger partial charge is 0.379 e. The molecule has 1 aromatic carbocycles. The van der Waals surface area contributed by atoms with Gasteiger partial charge in [0.05, 0.1) is 13.2 Å². The topological polar surface area (TPSA) is 44.8 Å². The molecule has 0 saturated carbocycles. The van der Waals surface area contributed by atoms with Crippen molar-refractivity contribution in [1.82, 2.24) is 10.2 Å². The Morgan fingerprint density at radius 2 is 1.96 bits per heavy atom. The van der Waals surface area contributed by atoms with Crippen LogP contribution in [0.15, 0.2) is 24.3 Å². The fourth-order valence-corrected chi connectivity index (χ4v) is 3.56. The maximum atomic E-state index is 12.3. The van der Waals surface area contributed by atoms with Crippen LogP contribution >= 0.6 is 11.6 Å². The van der Waals surface area contributed by atoms with E-state index < -0.39 is 0 Å². The number of hydrogen-bond donors (Lipinski definition) is 1. The molecule has 0 aromatic heterocycles. The number of rotatable bonds is 5. The lowest BCUT2D eigenvalue weighted by Crippen LogP contribution is -2.44. The Hall–Kier alpha value is -1.30. The van der Waals surface area contributed by atoms with Crippen molar-refractivity contribution in [2.24, 2.45) is 5.92 Å². The van der Waals surface area contributed by atoms with E-state index in [1.54, 1.807) is 0 Å². The molecule has 0 radical (unpaired) electrons. The number of ether oxygens (including phenoxy) is 1. The zero-order chi connectivity index (χ0) is 16.8. The van der Waals surface area contributed by atoms with Crippen LogP contribution in [-0.4, -0.2) is 63.3 Å². The molecule has 2 aliphatic heterocycles. The minimum atomic E-state index is 0.130. The summed E-state index contributed by atoms with van der Waals surface area (Å²) in [6, 6.07) is 7.93. The Morgan fingerprint density at radius 1 is 1.21 bits per heavy atom. The van der Waals surface area contributed by atoms with Crippen molar-refractivity contribution in [3.63, 3.8) is 0 Å². The summed E-state index contributed by atoms with van der Waals surface area (Å²) in [7, 11) is 0. The Labute approximate surface area is 148 Å². The number of carbonyl (C=O) groups is 1. The van der Waals surface area contributed by atoms with Crippen molar-refractivity contribution >= 4 is 23.2 Å². The summed E-state index contributed by atoms with van der Waals surface area (Å²) in [5, 5.41) is 3.86. The number of hydrogen-bond acceptors (Lipinski definition) is 4. The van der Waals surface area contributed by atoms with Crippen LogP contribution in [0.2, 0.25) is 5.02 Å². The lowest BCUT2D eigenvalue weighted by atomic mass is 9.95. The van der Waals surface area contributed by atoms with Crippen molar-refractivity contribution in [2.75, 3.05) is 57.4 Å². The first kappa shape index (κ1) is 17.5. The van der Waals surface area contributed by atoms with Gasteiger partial charge in [-0.15, -0.1) is 0 Å². The molecule has 0 atom stereocenters. The van der Waals surface area contributed by atoms with E-state index in [1.807, 2.05) is 18.2 Å². The van der Waals surface area contributed by atoms with Gasteiger partial charge in [0.25, 0.3) is 0 Å². The van der Waals surface area contributed by atoms with Crippen LogP contribution in [0.1, 0.15) is 12.8 Å². The van der Waals surface area contributed by atoms with Crippen molar-refractivity contribution in [3.8, 4) is 0 Å². The number of amides is 1. The summed E-state index contributed by atoms with van der Waals surface area (Å²) in [5.74, 6) is 0.333. The summed E-state index contributed by atoms with van der Waals surface area (Å²) in [5.41, 5.74) is 1.15. The third kappa shape index (κ3) is 4.85. The van der Waals surface area contributed by atoms with E-state index >= 15 is 0 Å². The number of nitrogens with one attached hydrogen (secondary N) is 1. The Kier molecular flexibility index (Phi) is 6.35.